The van der Waals surface area contributed by atoms with Crippen LogP contribution >= 0.6 is 0 Å². The lowest BCUT2D eigenvalue weighted by molar-refractivity contribution is -0.191. The zero-order valence-electron chi connectivity index (χ0n) is 38.6. The quantitative estimate of drug-likeness (QED) is 0.193. The number of amides is 9. The van der Waals surface area contributed by atoms with Crippen molar-refractivity contribution in [3.63, 3.8) is 0 Å². The predicted molar refractivity (Wildman–Crippen MR) is 239 cm³/mol. The number of carbonyl (C=O) groups excluding carboxylic acids is 9. The van der Waals surface area contributed by atoms with Gasteiger partial charge in [0, 0.05) is 63.7 Å². The molecule has 2 saturated heterocycles. The number of imide groups is 2. The highest BCUT2D eigenvalue weighted by Gasteiger charge is 2.38. The van der Waals surface area contributed by atoms with Gasteiger partial charge in [0.25, 0.3) is 0 Å². The summed E-state index contributed by atoms with van der Waals surface area (Å²) in [5.41, 5.74) is 2.65. The molecular formula is C46H64N8O11. The smallest absolute Gasteiger partial charge is 0.373 e. The lowest BCUT2D eigenvalue weighted by Gasteiger charge is -2.34. The van der Waals surface area contributed by atoms with E-state index in [1.54, 1.807) is 38.4 Å². The topological polar surface area (TPSA) is 255 Å². The summed E-state index contributed by atoms with van der Waals surface area (Å²) in [6.45, 7) is 19.0. The van der Waals surface area contributed by atoms with Crippen molar-refractivity contribution in [2.75, 3.05) is 39.3 Å². The van der Waals surface area contributed by atoms with Crippen LogP contribution in [0, 0.1) is 17.8 Å². The number of phenols is 1. The van der Waals surface area contributed by atoms with Gasteiger partial charge in [0.05, 0.1) is 24.2 Å². The van der Waals surface area contributed by atoms with E-state index in [1.165, 1.54) is 9.80 Å². The maximum absolute atomic E-state index is 12.5. The molecule has 0 bridgehead atoms. The first kappa shape index (κ1) is 54.4. The number of phenolic OH excluding ortho intramolecular Hbond substituents is 1. The molecule has 19 heteroatoms. The Labute approximate surface area is 380 Å². The summed E-state index contributed by atoms with van der Waals surface area (Å²) >= 11 is 0. The molecule has 2 aromatic rings. The van der Waals surface area contributed by atoms with Crippen molar-refractivity contribution in [1.82, 2.24) is 35.6 Å². The van der Waals surface area contributed by atoms with Crippen molar-refractivity contribution < 1.29 is 53.4 Å². The summed E-state index contributed by atoms with van der Waals surface area (Å²) in [5.74, 6) is -2.27. The Morgan fingerprint density at radius 1 is 0.646 bits per heavy atom. The number of hydrogen-bond donors (Lipinski definition) is 5. The third-order valence-electron chi connectivity index (χ3n) is 10.6. The maximum atomic E-state index is 12.5. The molecule has 0 saturated carbocycles. The number of nitrogens with zero attached hydrogens (tertiary/aromatic N) is 5. The second-order valence-electron chi connectivity index (χ2n) is 16.3. The average Bonchev–Trinajstić information content (AvgIpc) is 3.82. The molecule has 5 N–H and O–H groups in total. The SMILES string of the molecule is CC(C)C(NC(=O)C1=CN=CC1)c1ccc(O)cc1.CCN1CCN(C(=O)NC(C(C)C)C(C)O)C(=O)C1=O.CCN1CCN(C(=O)NC(c2ccccc2)C(C)C)C(=O)C1=O.O=C=O. The second kappa shape index (κ2) is 26.8. The zero-order valence-corrected chi connectivity index (χ0v) is 38.6. The number of rotatable bonds is 12. The standard InChI is InChI=1S/C17H23N3O3.C15H18N2O2.C13H23N3O4.CO2/c1-4-19-10-11-20(16(22)15(19)21)17(23)18-14(12(2)3)13-8-6-5-7-9-13;1-10(2)14(11-3-5-13(18)6-4-11)17-15(19)12-7-8-16-9-12;1-5-15-6-7-16(12(19)11(15)18)13(20)14-10(8(2)3)9(4)17;2-1-3/h5-9,12,14H,4,10-11H2,1-3H3,(H,18,23);3-6,8-10,14,18H,7H2,1-2H3,(H,17,19);8-10,17H,5-7H2,1-4H3,(H,14,20);. The van der Waals surface area contributed by atoms with Crippen molar-refractivity contribution in [3.8, 4) is 5.75 Å². The number of urea groups is 2. The van der Waals surface area contributed by atoms with Crippen LogP contribution in [-0.2, 0) is 33.6 Å². The van der Waals surface area contributed by atoms with Crippen molar-refractivity contribution in [2.24, 2.45) is 22.7 Å². The fourth-order valence-electron chi connectivity index (χ4n) is 6.96. The highest BCUT2D eigenvalue weighted by molar-refractivity contribution is 6.38. The normalized spacial score (nSPS) is 16.5. The van der Waals surface area contributed by atoms with Crippen LogP contribution in [-0.4, -0.2) is 135 Å². The summed E-state index contributed by atoms with van der Waals surface area (Å²) in [4.78, 5) is 109. The zero-order chi connectivity index (χ0) is 49.0. The number of aliphatic hydroxyl groups is 1. The minimum atomic E-state index is -0.816. The third kappa shape index (κ3) is 16.1. The molecule has 354 valence electrons. The molecule has 2 fully saturated rings. The first-order valence-corrected chi connectivity index (χ1v) is 21.6. The fourth-order valence-corrected chi connectivity index (χ4v) is 6.96. The number of aliphatic imine (C=N–C) groups is 1. The van der Waals surface area contributed by atoms with Crippen LogP contribution in [0.3, 0.4) is 0 Å². The maximum Gasteiger partial charge on any atom is 0.373 e. The molecule has 0 radical (unpaired) electrons. The summed E-state index contributed by atoms with van der Waals surface area (Å²) in [6, 6.07) is 14.6. The van der Waals surface area contributed by atoms with E-state index in [2.05, 4.69) is 34.8 Å². The molecule has 2 aromatic carbocycles. The van der Waals surface area contributed by atoms with Crippen LogP contribution in [0.25, 0.3) is 0 Å². The van der Waals surface area contributed by atoms with E-state index in [9.17, 15) is 43.8 Å². The van der Waals surface area contributed by atoms with E-state index >= 15 is 0 Å². The van der Waals surface area contributed by atoms with Crippen molar-refractivity contribution in [3.05, 3.63) is 77.5 Å². The minimum absolute atomic E-state index is 0.0154. The summed E-state index contributed by atoms with van der Waals surface area (Å²) < 4.78 is 0. The molecule has 0 aromatic heterocycles. The molecule has 3 aliphatic heterocycles. The molecular weight excluding hydrogens is 841 g/mol. The Bertz CT molecular complexity index is 2020. The molecule has 0 spiro atoms. The largest absolute Gasteiger partial charge is 0.508 e. The van der Waals surface area contributed by atoms with E-state index in [1.807, 2.05) is 77.1 Å². The highest BCUT2D eigenvalue weighted by Crippen LogP contribution is 2.25. The van der Waals surface area contributed by atoms with Gasteiger partial charge in [-0.1, -0.05) is 84.0 Å². The van der Waals surface area contributed by atoms with Gasteiger partial charge in [-0.25, -0.2) is 9.59 Å². The first-order chi connectivity index (χ1) is 30.7. The van der Waals surface area contributed by atoms with Crippen LogP contribution in [0.2, 0.25) is 0 Å². The van der Waals surface area contributed by atoms with E-state index < -0.39 is 47.8 Å². The minimum Gasteiger partial charge on any atom is -0.508 e. The van der Waals surface area contributed by atoms with Gasteiger partial charge in [0.2, 0.25) is 5.91 Å². The number of benzene rings is 2. The van der Waals surface area contributed by atoms with Crippen LogP contribution in [0.5, 0.6) is 5.75 Å². The number of aromatic hydroxyl groups is 1. The molecule has 9 amide bonds. The van der Waals surface area contributed by atoms with Gasteiger partial charge < -0.3 is 36.0 Å². The summed E-state index contributed by atoms with van der Waals surface area (Å²) in [7, 11) is 0. The van der Waals surface area contributed by atoms with Crippen molar-refractivity contribution in [1.29, 1.82) is 0 Å². The monoisotopic (exact) mass is 904 g/mol. The van der Waals surface area contributed by atoms with E-state index in [4.69, 9.17) is 9.59 Å². The van der Waals surface area contributed by atoms with E-state index in [0.717, 1.165) is 20.9 Å². The van der Waals surface area contributed by atoms with Gasteiger partial charge in [-0.2, -0.15) is 9.59 Å². The summed E-state index contributed by atoms with van der Waals surface area (Å²) in [6.07, 6.45) is 3.43. The second-order valence-corrected chi connectivity index (χ2v) is 16.3. The van der Waals surface area contributed by atoms with Gasteiger partial charge in [0.15, 0.2) is 0 Å². The van der Waals surface area contributed by atoms with Crippen LogP contribution < -0.4 is 16.0 Å². The molecule has 0 aliphatic carbocycles. The lowest BCUT2D eigenvalue weighted by Crippen LogP contribution is -2.60. The number of carbonyl (C=O) groups is 7. The van der Waals surface area contributed by atoms with Crippen LogP contribution in [0.4, 0.5) is 9.59 Å². The number of aliphatic hydroxyl groups excluding tert-OH is 1. The summed E-state index contributed by atoms with van der Waals surface area (Å²) in [5, 5.41) is 27.5. The van der Waals surface area contributed by atoms with Gasteiger partial charge in [-0.05, 0) is 61.8 Å². The number of piperazine rings is 2. The predicted octanol–water partition coefficient (Wildman–Crippen LogP) is 3.56. The average molecular weight is 905 g/mol. The van der Waals surface area contributed by atoms with Gasteiger partial charge in [-0.15, -0.1) is 0 Å². The molecule has 4 unspecified atom stereocenters. The Hall–Kier alpha value is -6.72. The van der Waals surface area contributed by atoms with Gasteiger partial charge >= 0.3 is 41.8 Å². The van der Waals surface area contributed by atoms with E-state index in [-0.39, 0.29) is 60.7 Å². The molecule has 3 aliphatic rings. The number of hydrogen-bond acceptors (Lipinski definition) is 12. The Morgan fingerprint density at radius 3 is 1.49 bits per heavy atom. The lowest BCUT2D eigenvalue weighted by atomic mass is 9.95. The molecule has 5 rings (SSSR count). The van der Waals surface area contributed by atoms with Crippen LogP contribution in [0.15, 0.2) is 71.4 Å². The highest BCUT2D eigenvalue weighted by atomic mass is 16.3. The Balaban J connectivity index is 0.000000326. The van der Waals surface area contributed by atoms with Crippen molar-refractivity contribution >= 4 is 54.0 Å². The van der Waals surface area contributed by atoms with E-state index in [0.29, 0.717) is 38.2 Å². The van der Waals surface area contributed by atoms with Crippen LogP contribution in [0.1, 0.15) is 91.9 Å². The number of likely N-dealkylation sites (N-methyl/N-ethyl adjacent to an activating group) is 2. The Morgan fingerprint density at radius 2 is 1.09 bits per heavy atom. The third-order valence-corrected chi connectivity index (χ3v) is 10.6. The molecule has 4 atom stereocenters. The first-order valence-electron chi connectivity index (χ1n) is 21.6. The fraction of sp³-hybridized carbons (Fsp3) is 0.500. The molecule has 19 nitrogen and oxygen atoms in total. The van der Waals surface area contributed by atoms with Gasteiger partial charge in [-0.3, -0.25) is 38.8 Å². The van der Waals surface area contributed by atoms with Gasteiger partial charge in [0.1, 0.15) is 5.75 Å². The number of nitrogens with one attached hydrogen (secondary N) is 3. The molecule has 65 heavy (non-hydrogen) atoms. The Kier molecular flexibility index (Phi) is 22.4. The van der Waals surface area contributed by atoms with Crippen molar-refractivity contribution in [2.45, 2.75) is 93.0 Å². The molecule has 3 heterocycles.